The molecular formula is C26H20N4O3. The Kier molecular flexibility index (Phi) is 4.77. The fourth-order valence-corrected chi connectivity index (χ4v) is 3.79. The number of aromatic nitrogens is 3. The van der Waals surface area contributed by atoms with E-state index >= 15 is 0 Å². The molecule has 5 aromatic rings. The summed E-state index contributed by atoms with van der Waals surface area (Å²) in [5, 5.41) is 7.87. The SMILES string of the molecule is c1ccc(Oc2ccccc2-c2cnn3ccc(NCc4ccc5c(c4)OCO5)nc23)cc1. The Morgan fingerprint density at radius 3 is 2.67 bits per heavy atom. The maximum atomic E-state index is 6.15. The molecule has 7 heteroatoms. The van der Waals surface area contributed by atoms with Crippen LogP contribution in [0.4, 0.5) is 5.82 Å². The van der Waals surface area contributed by atoms with Crippen LogP contribution in [0.5, 0.6) is 23.0 Å². The number of benzene rings is 3. The second-order valence-corrected chi connectivity index (χ2v) is 7.59. The van der Waals surface area contributed by atoms with Gasteiger partial charge in [-0.05, 0) is 42.0 Å². The standard InChI is InChI=1S/C26H20N4O3/c1-2-6-19(7-3-1)33-22-9-5-4-8-20(22)21-16-28-30-13-12-25(29-26(21)30)27-15-18-10-11-23-24(14-18)32-17-31-23/h1-14,16H,15,17H2,(H,27,29). The normalized spacial score (nSPS) is 12.1. The second kappa shape index (κ2) is 8.20. The summed E-state index contributed by atoms with van der Waals surface area (Å²) < 4.78 is 18.8. The van der Waals surface area contributed by atoms with Gasteiger partial charge in [0.05, 0.1) is 11.8 Å². The summed E-state index contributed by atoms with van der Waals surface area (Å²) in [6, 6.07) is 25.5. The first-order chi connectivity index (χ1) is 16.3. The van der Waals surface area contributed by atoms with Crippen LogP contribution in [0, 0.1) is 0 Å². The van der Waals surface area contributed by atoms with Crippen molar-refractivity contribution >= 4 is 11.5 Å². The Morgan fingerprint density at radius 1 is 0.879 bits per heavy atom. The summed E-state index contributed by atoms with van der Waals surface area (Å²) in [6.07, 6.45) is 3.71. The number of hydrogen-bond donors (Lipinski definition) is 1. The molecule has 1 N–H and O–H groups in total. The van der Waals surface area contributed by atoms with Crippen LogP contribution in [0.2, 0.25) is 0 Å². The Morgan fingerprint density at radius 2 is 1.73 bits per heavy atom. The zero-order valence-electron chi connectivity index (χ0n) is 17.6. The van der Waals surface area contributed by atoms with Crippen molar-refractivity contribution in [2.45, 2.75) is 6.54 Å². The molecule has 0 saturated heterocycles. The van der Waals surface area contributed by atoms with Gasteiger partial charge in [0, 0.05) is 18.3 Å². The van der Waals surface area contributed by atoms with E-state index in [9.17, 15) is 0 Å². The van der Waals surface area contributed by atoms with Crippen LogP contribution in [0.25, 0.3) is 16.8 Å². The molecule has 0 atom stereocenters. The van der Waals surface area contributed by atoms with Crippen molar-refractivity contribution in [3.05, 3.63) is 96.8 Å². The monoisotopic (exact) mass is 436 g/mol. The van der Waals surface area contributed by atoms with Gasteiger partial charge in [-0.1, -0.05) is 42.5 Å². The van der Waals surface area contributed by atoms with Gasteiger partial charge in [-0.25, -0.2) is 9.50 Å². The third-order valence-electron chi connectivity index (χ3n) is 5.43. The zero-order valence-corrected chi connectivity index (χ0v) is 17.6. The number of ether oxygens (including phenoxy) is 3. The summed E-state index contributed by atoms with van der Waals surface area (Å²) in [6.45, 7) is 0.876. The largest absolute Gasteiger partial charge is 0.457 e. The number of para-hydroxylation sites is 2. The predicted octanol–water partition coefficient (Wildman–Crippen LogP) is 5.53. The minimum absolute atomic E-state index is 0.268. The first kappa shape index (κ1) is 19.2. The lowest BCUT2D eigenvalue weighted by Crippen LogP contribution is -2.03. The lowest BCUT2D eigenvalue weighted by atomic mass is 10.1. The van der Waals surface area contributed by atoms with Crippen molar-refractivity contribution in [1.29, 1.82) is 0 Å². The molecule has 0 aliphatic carbocycles. The van der Waals surface area contributed by atoms with E-state index in [0.717, 1.165) is 51.2 Å². The first-order valence-corrected chi connectivity index (χ1v) is 10.6. The summed E-state index contributed by atoms with van der Waals surface area (Å²) in [7, 11) is 0. The maximum Gasteiger partial charge on any atom is 0.231 e. The van der Waals surface area contributed by atoms with Crippen LogP contribution in [-0.2, 0) is 6.54 Å². The van der Waals surface area contributed by atoms with Gasteiger partial charge < -0.3 is 19.5 Å². The molecule has 7 nitrogen and oxygen atoms in total. The van der Waals surface area contributed by atoms with Crippen LogP contribution >= 0.6 is 0 Å². The fraction of sp³-hybridized carbons (Fsp3) is 0.0769. The topological polar surface area (TPSA) is 69.9 Å². The molecule has 0 unspecified atom stereocenters. The maximum absolute atomic E-state index is 6.15. The van der Waals surface area contributed by atoms with E-state index < -0.39 is 0 Å². The van der Waals surface area contributed by atoms with Crippen molar-refractivity contribution in [3.8, 4) is 34.1 Å². The molecule has 2 aromatic heterocycles. The summed E-state index contributed by atoms with van der Waals surface area (Å²) in [5.74, 6) is 3.83. The molecule has 3 aromatic carbocycles. The fourth-order valence-electron chi connectivity index (χ4n) is 3.79. The summed E-state index contributed by atoms with van der Waals surface area (Å²) in [5.41, 5.74) is 3.65. The van der Waals surface area contributed by atoms with Gasteiger partial charge in [-0.2, -0.15) is 5.10 Å². The summed E-state index contributed by atoms with van der Waals surface area (Å²) in [4.78, 5) is 4.83. The van der Waals surface area contributed by atoms with Crippen molar-refractivity contribution in [2.75, 3.05) is 12.1 Å². The van der Waals surface area contributed by atoms with Crippen molar-refractivity contribution in [3.63, 3.8) is 0 Å². The van der Waals surface area contributed by atoms with Crippen LogP contribution < -0.4 is 19.5 Å². The van der Waals surface area contributed by atoms with Crippen molar-refractivity contribution in [1.82, 2.24) is 14.6 Å². The lowest BCUT2D eigenvalue weighted by molar-refractivity contribution is 0.174. The predicted molar refractivity (Wildman–Crippen MR) is 125 cm³/mol. The van der Waals surface area contributed by atoms with Crippen LogP contribution in [0.3, 0.4) is 0 Å². The molecule has 162 valence electrons. The molecule has 6 rings (SSSR count). The van der Waals surface area contributed by atoms with Gasteiger partial charge in [-0.3, -0.25) is 0 Å². The van der Waals surface area contributed by atoms with Crippen LogP contribution in [-0.4, -0.2) is 21.4 Å². The van der Waals surface area contributed by atoms with Crippen molar-refractivity contribution < 1.29 is 14.2 Å². The minimum atomic E-state index is 0.268. The highest BCUT2D eigenvalue weighted by Crippen LogP contribution is 2.35. The van der Waals surface area contributed by atoms with E-state index in [4.69, 9.17) is 19.2 Å². The number of anilines is 1. The van der Waals surface area contributed by atoms with E-state index in [0.29, 0.717) is 6.54 Å². The van der Waals surface area contributed by atoms with E-state index in [2.05, 4.69) is 10.4 Å². The highest BCUT2D eigenvalue weighted by atomic mass is 16.7. The lowest BCUT2D eigenvalue weighted by Gasteiger charge is -2.11. The van der Waals surface area contributed by atoms with Gasteiger partial charge in [0.15, 0.2) is 17.1 Å². The second-order valence-electron chi connectivity index (χ2n) is 7.59. The molecule has 1 aliphatic heterocycles. The van der Waals surface area contributed by atoms with Gasteiger partial charge in [-0.15, -0.1) is 0 Å². The highest BCUT2D eigenvalue weighted by Gasteiger charge is 2.15. The van der Waals surface area contributed by atoms with Gasteiger partial charge in [0.1, 0.15) is 17.3 Å². The quantitative estimate of drug-likeness (QED) is 0.377. The Bertz CT molecular complexity index is 1430. The Hall–Kier alpha value is -4.52. The molecule has 3 heterocycles. The van der Waals surface area contributed by atoms with E-state index in [1.165, 1.54) is 0 Å². The summed E-state index contributed by atoms with van der Waals surface area (Å²) >= 11 is 0. The van der Waals surface area contributed by atoms with Crippen LogP contribution in [0.15, 0.2) is 91.3 Å². The minimum Gasteiger partial charge on any atom is -0.457 e. The third kappa shape index (κ3) is 3.80. The molecule has 0 amide bonds. The number of nitrogens with zero attached hydrogens (tertiary/aromatic N) is 3. The van der Waals surface area contributed by atoms with Crippen LogP contribution in [0.1, 0.15) is 5.56 Å². The van der Waals surface area contributed by atoms with Gasteiger partial charge >= 0.3 is 0 Å². The molecule has 0 bridgehead atoms. The smallest absolute Gasteiger partial charge is 0.231 e. The molecular weight excluding hydrogens is 416 g/mol. The van der Waals surface area contributed by atoms with Crippen molar-refractivity contribution in [2.24, 2.45) is 0 Å². The van der Waals surface area contributed by atoms with E-state index in [1.54, 1.807) is 4.52 Å². The average Bonchev–Trinajstić information content (AvgIpc) is 3.50. The molecule has 0 radical (unpaired) electrons. The Labute approximate surface area is 190 Å². The zero-order chi connectivity index (χ0) is 22.0. The van der Waals surface area contributed by atoms with E-state index in [1.807, 2.05) is 91.3 Å². The Balaban J connectivity index is 1.29. The molecule has 33 heavy (non-hydrogen) atoms. The highest BCUT2D eigenvalue weighted by molar-refractivity contribution is 5.81. The van der Waals surface area contributed by atoms with Gasteiger partial charge in [0.2, 0.25) is 6.79 Å². The molecule has 0 spiro atoms. The average molecular weight is 436 g/mol. The molecule has 1 aliphatic rings. The number of nitrogens with one attached hydrogen (secondary N) is 1. The number of hydrogen-bond acceptors (Lipinski definition) is 6. The molecule has 0 fully saturated rings. The first-order valence-electron chi connectivity index (χ1n) is 10.6. The molecule has 0 saturated carbocycles. The number of rotatable bonds is 6. The number of fused-ring (bicyclic) bond motifs is 2. The third-order valence-corrected chi connectivity index (χ3v) is 5.43. The van der Waals surface area contributed by atoms with E-state index in [-0.39, 0.29) is 6.79 Å². The van der Waals surface area contributed by atoms with Gasteiger partial charge in [0.25, 0.3) is 0 Å².